The predicted octanol–water partition coefficient (Wildman–Crippen LogP) is 0.720. The van der Waals surface area contributed by atoms with Crippen LogP contribution in [0, 0.1) is 0 Å². The summed E-state index contributed by atoms with van der Waals surface area (Å²) < 4.78 is 7.04. The van der Waals surface area contributed by atoms with Crippen LogP contribution in [-0.2, 0) is 22.5 Å². The number of carboxylic acids is 1. The quantitative estimate of drug-likeness (QED) is 0.742. The third-order valence-corrected chi connectivity index (χ3v) is 1.95. The molecular formula is C10H17N3O3. The second kappa shape index (κ2) is 6.22. The molecule has 0 radical (unpaired) electrons. The Hall–Kier alpha value is -1.43. The van der Waals surface area contributed by atoms with Crippen LogP contribution in [0.2, 0.25) is 0 Å². The lowest BCUT2D eigenvalue weighted by molar-refractivity contribution is -0.136. The van der Waals surface area contributed by atoms with E-state index in [-0.39, 0.29) is 12.5 Å². The zero-order valence-electron chi connectivity index (χ0n) is 9.59. The predicted molar refractivity (Wildman–Crippen MR) is 57.1 cm³/mol. The molecule has 0 aliphatic heterocycles. The van der Waals surface area contributed by atoms with Crippen molar-refractivity contribution in [2.24, 2.45) is 0 Å². The number of nitrogens with zero attached hydrogens (tertiary/aromatic N) is 3. The first-order chi connectivity index (χ1) is 7.58. The van der Waals surface area contributed by atoms with Gasteiger partial charge in [0.1, 0.15) is 0 Å². The van der Waals surface area contributed by atoms with Gasteiger partial charge in [-0.2, -0.15) is 0 Å². The van der Waals surface area contributed by atoms with Crippen LogP contribution in [0.4, 0.5) is 0 Å². The van der Waals surface area contributed by atoms with Crippen LogP contribution in [0.1, 0.15) is 26.0 Å². The molecule has 16 heavy (non-hydrogen) atoms. The topological polar surface area (TPSA) is 77.2 Å². The van der Waals surface area contributed by atoms with Crippen LogP contribution in [0.15, 0.2) is 6.20 Å². The Morgan fingerprint density at radius 3 is 3.00 bits per heavy atom. The molecule has 0 saturated carbocycles. The van der Waals surface area contributed by atoms with Crippen molar-refractivity contribution in [3.05, 3.63) is 11.9 Å². The lowest BCUT2D eigenvalue weighted by atomic mass is 10.2. The summed E-state index contributed by atoms with van der Waals surface area (Å²) in [7, 11) is 0. The standard InChI is InChI=1S/C10H17N3O3/c1-8(2)16-6-5-13-7-9(11-12-13)3-4-10(14)15/h7-8H,3-6H2,1-2H3,(H,14,15). The van der Waals surface area contributed by atoms with E-state index in [0.717, 1.165) is 0 Å². The van der Waals surface area contributed by atoms with Gasteiger partial charge in [0, 0.05) is 12.6 Å². The Kier molecular flexibility index (Phi) is 4.91. The van der Waals surface area contributed by atoms with E-state index in [4.69, 9.17) is 9.84 Å². The fourth-order valence-electron chi connectivity index (χ4n) is 1.18. The van der Waals surface area contributed by atoms with Crippen molar-refractivity contribution in [3.63, 3.8) is 0 Å². The van der Waals surface area contributed by atoms with Crippen LogP contribution in [0.25, 0.3) is 0 Å². The van der Waals surface area contributed by atoms with E-state index < -0.39 is 5.97 Å². The summed E-state index contributed by atoms with van der Waals surface area (Å²) in [6.07, 6.45) is 2.46. The fraction of sp³-hybridized carbons (Fsp3) is 0.700. The molecule has 0 atom stereocenters. The molecule has 0 saturated heterocycles. The molecule has 0 amide bonds. The molecule has 0 aromatic carbocycles. The van der Waals surface area contributed by atoms with E-state index in [9.17, 15) is 4.79 Å². The number of hydrogen-bond acceptors (Lipinski definition) is 4. The molecule has 6 heteroatoms. The minimum absolute atomic E-state index is 0.0845. The van der Waals surface area contributed by atoms with Gasteiger partial charge < -0.3 is 9.84 Å². The van der Waals surface area contributed by atoms with Crippen molar-refractivity contribution in [3.8, 4) is 0 Å². The second-order valence-corrected chi connectivity index (χ2v) is 3.79. The number of ether oxygens (including phenoxy) is 1. The zero-order valence-corrected chi connectivity index (χ0v) is 9.59. The molecule has 1 aromatic rings. The van der Waals surface area contributed by atoms with Gasteiger partial charge >= 0.3 is 5.97 Å². The summed E-state index contributed by atoms with van der Waals surface area (Å²) in [6, 6.07) is 0. The molecule has 1 aromatic heterocycles. The molecule has 0 aliphatic rings. The van der Waals surface area contributed by atoms with E-state index in [1.165, 1.54) is 0 Å². The lowest BCUT2D eigenvalue weighted by Gasteiger charge is -2.06. The number of aliphatic carboxylic acids is 1. The van der Waals surface area contributed by atoms with Gasteiger partial charge in [-0.1, -0.05) is 5.21 Å². The highest BCUT2D eigenvalue weighted by Crippen LogP contribution is 1.98. The summed E-state index contributed by atoms with van der Waals surface area (Å²) in [4.78, 5) is 10.4. The van der Waals surface area contributed by atoms with Crippen LogP contribution < -0.4 is 0 Å². The third-order valence-electron chi connectivity index (χ3n) is 1.95. The van der Waals surface area contributed by atoms with Gasteiger partial charge in [0.15, 0.2) is 0 Å². The number of rotatable bonds is 7. The number of aromatic nitrogens is 3. The molecule has 1 heterocycles. The van der Waals surface area contributed by atoms with E-state index in [1.54, 1.807) is 10.9 Å². The molecule has 1 N–H and O–H groups in total. The minimum atomic E-state index is -0.822. The van der Waals surface area contributed by atoms with E-state index in [1.807, 2.05) is 13.8 Å². The highest BCUT2D eigenvalue weighted by Gasteiger charge is 2.04. The van der Waals surface area contributed by atoms with Gasteiger partial charge in [-0.15, -0.1) is 5.10 Å². The summed E-state index contributed by atoms with van der Waals surface area (Å²) >= 11 is 0. The van der Waals surface area contributed by atoms with Gasteiger partial charge in [0.2, 0.25) is 0 Å². The molecule has 90 valence electrons. The van der Waals surface area contributed by atoms with Crippen LogP contribution in [0.3, 0.4) is 0 Å². The first kappa shape index (κ1) is 12.6. The molecule has 1 rings (SSSR count). The van der Waals surface area contributed by atoms with Crippen LogP contribution in [-0.4, -0.2) is 38.8 Å². The average Bonchev–Trinajstić information content (AvgIpc) is 2.62. The first-order valence-electron chi connectivity index (χ1n) is 5.30. The highest BCUT2D eigenvalue weighted by molar-refractivity contribution is 5.66. The average molecular weight is 227 g/mol. The number of carboxylic acid groups (broad SMARTS) is 1. The molecule has 0 spiro atoms. The van der Waals surface area contributed by atoms with Crippen molar-refractivity contribution in [1.82, 2.24) is 15.0 Å². The number of aryl methyl sites for hydroxylation is 1. The largest absolute Gasteiger partial charge is 0.481 e. The molecular weight excluding hydrogens is 210 g/mol. The minimum Gasteiger partial charge on any atom is -0.481 e. The maximum atomic E-state index is 10.4. The molecule has 0 bridgehead atoms. The Balaban J connectivity index is 2.30. The van der Waals surface area contributed by atoms with Crippen molar-refractivity contribution in [1.29, 1.82) is 0 Å². The Bertz CT molecular complexity index is 336. The fourth-order valence-corrected chi connectivity index (χ4v) is 1.18. The van der Waals surface area contributed by atoms with Gasteiger partial charge in [0.05, 0.1) is 31.4 Å². The zero-order chi connectivity index (χ0) is 12.0. The first-order valence-corrected chi connectivity index (χ1v) is 5.30. The van der Waals surface area contributed by atoms with Crippen LogP contribution >= 0.6 is 0 Å². The maximum absolute atomic E-state index is 10.4. The Morgan fingerprint density at radius 1 is 1.62 bits per heavy atom. The smallest absolute Gasteiger partial charge is 0.303 e. The lowest BCUT2D eigenvalue weighted by Crippen LogP contribution is -2.10. The monoisotopic (exact) mass is 227 g/mol. The SMILES string of the molecule is CC(C)OCCn1cc(CCC(=O)O)nn1. The highest BCUT2D eigenvalue weighted by atomic mass is 16.5. The summed E-state index contributed by atoms with van der Waals surface area (Å²) in [5.41, 5.74) is 0.701. The van der Waals surface area contributed by atoms with Gasteiger partial charge in [-0.05, 0) is 13.8 Å². The molecule has 0 fully saturated rings. The molecule has 0 aliphatic carbocycles. The van der Waals surface area contributed by atoms with Crippen molar-refractivity contribution in [2.45, 2.75) is 39.3 Å². The van der Waals surface area contributed by atoms with E-state index >= 15 is 0 Å². The second-order valence-electron chi connectivity index (χ2n) is 3.79. The summed E-state index contributed by atoms with van der Waals surface area (Å²) in [5.74, 6) is -0.822. The number of hydrogen-bond donors (Lipinski definition) is 1. The van der Waals surface area contributed by atoms with Gasteiger partial charge in [-0.25, -0.2) is 4.68 Å². The molecule has 6 nitrogen and oxygen atoms in total. The summed E-state index contributed by atoms with van der Waals surface area (Å²) in [6.45, 7) is 5.16. The van der Waals surface area contributed by atoms with Crippen molar-refractivity contribution < 1.29 is 14.6 Å². The van der Waals surface area contributed by atoms with Gasteiger partial charge in [-0.3, -0.25) is 4.79 Å². The summed E-state index contributed by atoms with van der Waals surface area (Å²) in [5, 5.41) is 16.3. The maximum Gasteiger partial charge on any atom is 0.303 e. The number of carbonyl (C=O) groups is 1. The van der Waals surface area contributed by atoms with E-state index in [0.29, 0.717) is 25.3 Å². The van der Waals surface area contributed by atoms with E-state index in [2.05, 4.69) is 10.3 Å². The van der Waals surface area contributed by atoms with Crippen LogP contribution in [0.5, 0.6) is 0 Å². The normalized spacial score (nSPS) is 10.9. The van der Waals surface area contributed by atoms with Gasteiger partial charge in [0.25, 0.3) is 0 Å². The Morgan fingerprint density at radius 2 is 2.38 bits per heavy atom. The van der Waals surface area contributed by atoms with Crippen molar-refractivity contribution in [2.75, 3.05) is 6.61 Å². The third kappa shape index (κ3) is 4.88. The molecule has 0 unspecified atom stereocenters. The Labute approximate surface area is 94.2 Å². The van der Waals surface area contributed by atoms with Crippen molar-refractivity contribution >= 4 is 5.97 Å².